The number of halogens is 1. The van der Waals surface area contributed by atoms with Crippen LogP contribution in [0, 0.1) is 5.82 Å². The first-order valence-electron chi connectivity index (χ1n) is 7.67. The molecule has 2 amide bonds. The van der Waals surface area contributed by atoms with Crippen LogP contribution < -0.4 is 10.6 Å². The molecular weight excluding hydrogens is 309 g/mol. The second kappa shape index (κ2) is 6.31. The molecule has 0 radical (unpaired) electrons. The smallest absolute Gasteiger partial charge is 0.254 e. The van der Waals surface area contributed by atoms with Crippen molar-refractivity contribution in [3.05, 3.63) is 59.9 Å². The molecule has 2 N–H and O–H groups in total. The molecule has 6 heteroatoms. The Kier molecular flexibility index (Phi) is 4.20. The number of nitrogens with zero attached hydrogens (tertiary/aromatic N) is 2. The van der Waals surface area contributed by atoms with Crippen molar-refractivity contribution in [1.29, 1.82) is 0 Å². The number of nitrogens with two attached hydrogens (primary N) is 1. The van der Waals surface area contributed by atoms with Crippen molar-refractivity contribution < 1.29 is 14.0 Å². The third-order valence-electron chi connectivity index (χ3n) is 4.24. The molecule has 0 aliphatic carbocycles. The van der Waals surface area contributed by atoms with E-state index in [0.29, 0.717) is 24.2 Å². The van der Waals surface area contributed by atoms with Crippen molar-refractivity contribution in [1.82, 2.24) is 4.90 Å². The van der Waals surface area contributed by atoms with Crippen molar-refractivity contribution >= 4 is 23.2 Å². The van der Waals surface area contributed by atoms with Gasteiger partial charge in [-0.15, -0.1) is 0 Å². The summed E-state index contributed by atoms with van der Waals surface area (Å²) in [6.07, 6.45) is 0.456. The topological polar surface area (TPSA) is 66.6 Å². The van der Waals surface area contributed by atoms with Gasteiger partial charge in [0, 0.05) is 24.8 Å². The zero-order valence-corrected chi connectivity index (χ0v) is 13.3. The third-order valence-corrected chi connectivity index (χ3v) is 4.24. The predicted octanol–water partition coefficient (Wildman–Crippen LogP) is 2.29. The molecule has 2 aromatic carbocycles. The van der Waals surface area contributed by atoms with Gasteiger partial charge in [0.25, 0.3) is 5.91 Å². The molecule has 1 fully saturated rings. The number of para-hydroxylation sites is 1. The summed E-state index contributed by atoms with van der Waals surface area (Å²) in [6, 6.07) is 12.1. The normalized spacial score (nSPS) is 17.2. The number of anilines is 2. The zero-order chi connectivity index (χ0) is 17.3. The van der Waals surface area contributed by atoms with E-state index in [1.807, 2.05) is 0 Å². The lowest BCUT2D eigenvalue weighted by Gasteiger charge is -2.24. The van der Waals surface area contributed by atoms with Crippen LogP contribution >= 0.6 is 0 Å². The second-order valence-electron chi connectivity index (χ2n) is 5.79. The monoisotopic (exact) mass is 327 g/mol. The van der Waals surface area contributed by atoms with E-state index < -0.39 is 11.9 Å². The first-order valence-corrected chi connectivity index (χ1v) is 7.67. The summed E-state index contributed by atoms with van der Waals surface area (Å²) in [7, 11) is 1.58. The fraction of sp³-hybridized carbons (Fsp3) is 0.222. The molecule has 0 aromatic heterocycles. The Morgan fingerprint density at radius 2 is 2.00 bits per heavy atom. The maximum Gasteiger partial charge on any atom is 0.254 e. The van der Waals surface area contributed by atoms with Crippen LogP contribution in [0.15, 0.2) is 48.5 Å². The number of benzene rings is 2. The Morgan fingerprint density at radius 1 is 1.25 bits per heavy atom. The van der Waals surface area contributed by atoms with Crippen LogP contribution in [0.4, 0.5) is 15.8 Å². The minimum absolute atomic E-state index is 0.245. The van der Waals surface area contributed by atoms with Crippen molar-refractivity contribution in [2.24, 2.45) is 0 Å². The van der Waals surface area contributed by atoms with Crippen LogP contribution in [0.25, 0.3) is 0 Å². The summed E-state index contributed by atoms with van der Waals surface area (Å²) in [5.41, 5.74) is 6.86. The van der Waals surface area contributed by atoms with Gasteiger partial charge in [0.2, 0.25) is 5.91 Å². The molecule has 1 heterocycles. The van der Waals surface area contributed by atoms with Crippen LogP contribution in [0.1, 0.15) is 16.8 Å². The number of carbonyl (C=O) groups excluding carboxylic acids is 2. The molecule has 1 aliphatic heterocycles. The molecule has 0 bridgehead atoms. The summed E-state index contributed by atoms with van der Waals surface area (Å²) in [5, 5.41) is 0. The fourth-order valence-corrected chi connectivity index (χ4v) is 2.95. The van der Waals surface area contributed by atoms with Gasteiger partial charge in [-0.3, -0.25) is 9.59 Å². The second-order valence-corrected chi connectivity index (χ2v) is 5.79. The minimum Gasteiger partial charge on any atom is -0.399 e. The number of nitrogen functional groups attached to an aromatic ring is 1. The lowest BCUT2D eigenvalue weighted by molar-refractivity contribution is -0.120. The van der Waals surface area contributed by atoms with Gasteiger partial charge in [-0.25, -0.2) is 4.39 Å². The Balaban J connectivity index is 1.80. The molecular formula is C18H18FN3O2. The molecule has 24 heavy (non-hydrogen) atoms. The first kappa shape index (κ1) is 16.0. The summed E-state index contributed by atoms with van der Waals surface area (Å²) >= 11 is 0. The molecule has 0 spiro atoms. The molecule has 1 atom stereocenters. The highest BCUT2D eigenvalue weighted by atomic mass is 19.1. The highest BCUT2D eigenvalue weighted by Crippen LogP contribution is 2.27. The third kappa shape index (κ3) is 2.82. The number of hydrogen-bond acceptors (Lipinski definition) is 3. The molecule has 1 aliphatic rings. The molecule has 3 rings (SSSR count). The van der Waals surface area contributed by atoms with E-state index >= 15 is 0 Å². The lowest BCUT2D eigenvalue weighted by Crippen LogP contribution is -2.43. The Labute approximate surface area is 139 Å². The number of likely N-dealkylation sites (N-methyl/N-ethyl adjacent to an activating group) is 1. The summed E-state index contributed by atoms with van der Waals surface area (Å²) in [6.45, 7) is 0.374. The van der Waals surface area contributed by atoms with Crippen molar-refractivity contribution in [3.63, 3.8) is 0 Å². The average Bonchev–Trinajstić information content (AvgIpc) is 2.95. The van der Waals surface area contributed by atoms with Gasteiger partial charge >= 0.3 is 0 Å². The van der Waals surface area contributed by atoms with Crippen LogP contribution in [0.2, 0.25) is 0 Å². The van der Waals surface area contributed by atoms with E-state index in [-0.39, 0.29) is 17.5 Å². The van der Waals surface area contributed by atoms with Crippen LogP contribution in [-0.4, -0.2) is 36.3 Å². The highest BCUT2D eigenvalue weighted by Gasteiger charge is 2.38. The highest BCUT2D eigenvalue weighted by molar-refractivity contribution is 6.04. The minimum atomic E-state index is -0.612. The van der Waals surface area contributed by atoms with Gasteiger partial charge < -0.3 is 15.5 Å². The summed E-state index contributed by atoms with van der Waals surface area (Å²) in [5.74, 6) is -1.01. The maximum absolute atomic E-state index is 13.9. The van der Waals surface area contributed by atoms with Gasteiger partial charge in [0.05, 0.1) is 5.69 Å². The molecule has 2 aromatic rings. The number of hydrogen-bond donors (Lipinski definition) is 1. The molecule has 124 valence electrons. The Hall–Kier alpha value is -2.89. The van der Waals surface area contributed by atoms with Gasteiger partial charge in [0.1, 0.15) is 11.9 Å². The number of rotatable bonds is 3. The average molecular weight is 327 g/mol. The van der Waals surface area contributed by atoms with Gasteiger partial charge in [0.15, 0.2) is 0 Å². The molecule has 1 saturated heterocycles. The summed E-state index contributed by atoms with van der Waals surface area (Å²) < 4.78 is 13.9. The van der Waals surface area contributed by atoms with E-state index in [1.54, 1.807) is 49.5 Å². The van der Waals surface area contributed by atoms with E-state index in [9.17, 15) is 14.0 Å². The zero-order valence-electron chi connectivity index (χ0n) is 13.3. The van der Waals surface area contributed by atoms with Crippen molar-refractivity contribution in [2.75, 3.05) is 24.2 Å². The quantitative estimate of drug-likeness (QED) is 0.880. The van der Waals surface area contributed by atoms with Gasteiger partial charge in [-0.1, -0.05) is 18.2 Å². The van der Waals surface area contributed by atoms with Crippen LogP contribution in [0.5, 0.6) is 0 Å². The van der Waals surface area contributed by atoms with Crippen LogP contribution in [-0.2, 0) is 4.79 Å². The first-order chi connectivity index (χ1) is 11.5. The maximum atomic E-state index is 13.9. The van der Waals surface area contributed by atoms with E-state index in [1.165, 1.54) is 15.9 Å². The summed E-state index contributed by atoms with van der Waals surface area (Å²) in [4.78, 5) is 28.0. The standard InChI is InChI=1S/C18H18FN3O2/c1-21(17(23)12-5-4-6-13(20)11-12)16-9-10-22(18(16)24)15-8-3-2-7-14(15)19/h2-8,11,16H,9-10,20H2,1H3. The van der Waals surface area contributed by atoms with E-state index in [4.69, 9.17) is 5.73 Å². The van der Waals surface area contributed by atoms with Crippen molar-refractivity contribution in [2.45, 2.75) is 12.5 Å². The SMILES string of the molecule is CN(C(=O)c1cccc(N)c1)C1CCN(c2ccccc2F)C1=O. The van der Waals surface area contributed by atoms with Crippen molar-refractivity contribution in [3.8, 4) is 0 Å². The Morgan fingerprint density at radius 3 is 2.71 bits per heavy atom. The fourth-order valence-electron chi connectivity index (χ4n) is 2.95. The number of amides is 2. The predicted molar refractivity (Wildman–Crippen MR) is 90.1 cm³/mol. The number of carbonyl (C=O) groups is 2. The van der Waals surface area contributed by atoms with E-state index in [2.05, 4.69) is 0 Å². The molecule has 1 unspecified atom stereocenters. The Bertz CT molecular complexity index is 793. The molecule has 0 saturated carbocycles. The van der Waals surface area contributed by atoms with Gasteiger partial charge in [-0.2, -0.15) is 0 Å². The van der Waals surface area contributed by atoms with E-state index in [0.717, 1.165) is 0 Å². The molecule has 5 nitrogen and oxygen atoms in total. The largest absolute Gasteiger partial charge is 0.399 e. The van der Waals surface area contributed by atoms with Gasteiger partial charge in [-0.05, 0) is 36.8 Å². The van der Waals surface area contributed by atoms with Crippen LogP contribution in [0.3, 0.4) is 0 Å². The lowest BCUT2D eigenvalue weighted by atomic mass is 10.1.